The topological polar surface area (TPSA) is 66.9 Å². The Labute approximate surface area is 122 Å². The van der Waals surface area contributed by atoms with Gasteiger partial charge in [0.25, 0.3) is 5.91 Å². The first-order chi connectivity index (χ1) is 10.3. The van der Waals surface area contributed by atoms with Gasteiger partial charge in [-0.05, 0) is 24.3 Å². The van der Waals surface area contributed by atoms with Crippen LogP contribution >= 0.6 is 0 Å². The monoisotopic (exact) mass is 278 g/mol. The Bertz CT molecular complexity index is 801. The Morgan fingerprint density at radius 3 is 2.81 bits per heavy atom. The molecule has 2 N–H and O–H groups in total. The summed E-state index contributed by atoms with van der Waals surface area (Å²) >= 11 is 0. The van der Waals surface area contributed by atoms with Gasteiger partial charge >= 0.3 is 0 Å². The largest absolute Gasteiger partial charge is 0.372 e. The number of aromatic nitrogens is 2. The molecule has 5 nitrogen and oxygen atoms in total. The molecule has 0 radical (unpaired) electrons. The molecule has 0 saturated carbocycles. The Morgan fingerprint density at radius 2 is 1.95 bits per heavy atom. The van der Waals surface area contributed by atoms with Gasteiger partial charge in [-0.2, -0.15) is 0 Å². The lowest BCUT2D eigenvalue weighted by Crippen LogP contribution is -2.14. The van der Waals surface area contributed by atoms with Crippen LogP contribution < -0.4 is 10.6 Å². The molecule has 1 aromatic carbocycles. The van der Waals surface area contributed by atoms with E-state index in [-0.39, 0.29) is 5.91 Å². The van der Waals surface area contributed by atoms with Gasteiger partial charge in [0.05, 0.1) is 23.0 Å². The van der Waals surface area contributed by atoms with Crippen molar-refractivity contribution in [2.24, 2.45) is 0 Å². The summed E-state index contributed by atoms with van der Waals surface area (Å²) in [5.41, 5.74) is 2.05. The first-order valence-corrected chi connectivity index (χ1v) is 6.57. The summed E-state index contributed by atoms with van der Waals surface area (Å²) in [5.74, 6) is 0.327. The summed E-state index contributed by atoms with van der Waals surface area (Å²) in [5, 5.41) is 6.73. The molecule has 0 unspecified atom stereocenters. The van der Waals surface area contributed by atoms with E-state index in [0.717, 1.165) is 10.9 Å². The van der Waals surface area contributed by atoms with E-state index >= 15 is 0 Å². The summed E-state index contributed by atoms with van der Waals surface area (Å²) < 4.78 is 0. The molecule has 1 amide bonds. The van der Waals surface area contributed by atoms with E-state index in [1.807, 2.05) is 30.3 Å². The smallest absolute Gasteiger partial charge is 0.259 e. The van der Waals surface area contributed by atoms with Gasteiger partial charge < -0.3 is 10.6 Å². The molecule has 2 aromatic heterocycles. The van der Waals surface area contributed by atoms with E-state index in [2.05, 4.69) is 20.6 Å². The quantitative estimate of drug-likeness (QED) is 0.773. The van der Waals surface area contributed by atoms with Crippen LogP contribution in [0.4, 0.5) is 11.5 Å². The van der Waals surface area contributed by atoms with E-state index in [1.54, 1.807) is 31.6 Å². The number of carbonyl (C=O) groups excluding carboxylic acids is 1. The number of benzene rings is 1. The minimum Gasteiger partial charge on any atom is -0.372 e. The molecule has 21 heavy (non-hydrogen) atoms. The third-order valence-corrected chi connectivity index (χ3v) is 3.14. The van der Waals surface area contributed by atoms with Crippen LogP contribution in [0.1, 0.15) is 10.4 Å². The summed E-state index contributed by atoms with van der Waals surface area (Å²) in [6, 6.07) is 13.1. The molecule has 0 aliphatic carbocycles. The molecule has 0 aliphatic rings. The number of anilines is 2. The zero-order valence-corrected chi connectivity index (χ0v) is 11.5. The molecular weight excluding hydrogens is 264 g/mol. The van der Waals surface area contributed by atoms with Crippen molar-refractivity contribution in [3.63, 3.8) is 0 Å². The van der Waals surface area contributed by atoms with Crippen LogP contribution in [-0.4, -0.2) is 22.9 Å². The zero-order valence-electron chi connectivity index (χ0n) is 11.5. The predicted octanol–water partition coefficient (Wildman–Crippen LogP) is 2.92. The average Bonchev–Trinajstić information content (AvgIpc) is 2.54. The van der Waals surface area contributed by atoms with Gasteiger partial charge in [0.1, 0.15) is 5.82 Å². The third-order valence-electron chi connectivity index (χ3n) is 3.14. The van der Waals surface area contributed by atoms with E-state index in [4.69, 9.17) is 0 Å². The van der Waals surface area contributed by atoms with Crippen LogP contribution in [0, 0.1) is 0 Å². The number of amides is 1. The van der Waals surface area contributed by atoms with Crippen LogP contribution in [-0.2, 0) is 0 Å². The number of hydrogen-bond acceptors (Lipinski definition) is 4. The van der Waals surface area contributed by atoms with Crippen molar-refractivity contribution in [1.82, 2.24) is 9.97 Å². The van der Waals surface area contributed by atoms with E-state index in [1.165, 1.54) is 0 Å². The molecular formula is C16H14N4O. The van der Waals surface area contributed by atoms with Crippen LogP contribution in [0.2, 0.25) is 0 Å². The lowest BCUT2D eigenvalue weighted by molar-refractivity contribution is 0.102. The number of nitrogens with zero attached hydrogens (tertiary/aromatic N) is 2. The normalized spacial score (nSPS) is 10.3. The maximum Gasteiger partial charge on any atom is 0.259 e. The molecule has 0 spiro atoms. The van der Waals surface area contributed by atoms with Gasteiger partial charge in [-0.15, -0.1) is 0 Å². The Kier molecular flexibility index (Phi) is 3.47. The molecule has 3 rings (SSSR count). The Morgan fingerprint density at radius 1 is 1.10 bits per heavy atom. The second kappa shape index (κ2) is 5.58. The zero-order chi connectivity index (χ0) is 14.7. The maximum absolute atomic E-state index is 12.3. The van der Waals surface area contributed by atoms with Crippen molar-refractivity contribution in [2.45, 2.75) is 0 Å². The molecule has 0 fully saturated rings. The highest BCUT2D eigenvalue weighted by atomic mass is 16.1. The van der Waals surface area contributed by atoms with Crippen LogP contribution in [0.3, 0.4) is 0 Å². The van der Waals surface area contributed by atoms with Crippen molar-refractivity contribution < 1.29 is 4.79 Å². The molecule has 0 aliphatic heterocycles. The van der Waals surface area contributed by atoms with Crippen molar-refractivity contribution in [3.8, 4) is 0 Å². The molecule has 0 saturated heterocycles. The van der Waals surface area contributed by atoms with Crippen LogP contribution in [0.15, 0.2) is 54.9 Å². The number of hydrogen-bond donors (Lipinski definition) is 2. The Hall–Kier alpha value is -2.95. The fraction of sp³-hybridized carbons (Fsp3) is 0.0625. The molecule has 0 bridgehead atoms. The first kappa shape index (κ1) is 13.1. The summed E-state index contributed by atoms with van der Waals surface area (Å²) in [4.78, 5) is 20.8. The van der Waals surface area contributed by atoms with E-state index < -0.39 is 0 Å². The number of rotatable bonds is 3. The fourth-order valence-electron chi connectivity index (χ4n) is 2.13. The maximum atomic E-state index is 12.3. The molecule has 0 atom stereocenters. The second-order valence-corrected chi connectivity index (χ2v) is 4.52. The van der Waals surface area contributed by atoms with Gasteiger partial charge in [-0.1, -0.05) is 18.2 Å². The third kappa shape index (κ3) is 2.67. The highest BCUT2D eigenvalue weighted by molar-refractivity contribution is 6.07. The summed E-state index contributed by atoms with van der Waals surface area (Å²) in [6.45, 7) is 0. The standard InChI is InChI=1S/C16H14N4O/c1-17-15-13(6-4-8-18-15)16(21)20-12-9-11-5-2-3-7-14(11)19-10-12/h2-10H,1H3,(H,17,18)(H,20,21). The van der Waals surface area contributed by atoms with Gasteiger partial charge in [0, 0.05) is 18.6 Å². The fourth-order valence-corrected chi connectivity index (χ4v) is 2.13. The van der Waals surface area contributed by atoms with Crippen molar-refractivity contribution in [3.05, 3.63) is 60.4 Å². The Balaban J connectivity index is 1.89. The highest BCUT2D eigenvalue weighted by Crippen LogP contribution is 2.18. The SMILES string of the molecule is CNc1ncccc1C(=O)Nc1cnc2ccccc2c1. The van der Waals surface area contributed by atoms with Gasteiger partial charge in [-0.25, -0.2) is 4.98 Å². The highest BCUT2D eigenvalue weighted by Gasteiger charge is 2.11. The lowest BCUT2D eigenvalue weighted by atomic mass is 10.2. The van der Waals surface area contributed by atoms with Crippen LogP contribution in [0.5, 0.6) is 0 Å². The molecule has 2 heterocycles. The molecule has 3 aromatic rings. The second-order valence-electron chi connectivity index (χ2n) is 4.52. The number of para-hydroxylation sites is 1. The number of carbonyl (C=O) groups is 1. The number of nitrogens with one attached hydrogen (secondary N) is 2. The van der Waals surface area contributed by atoms with Crippen molar-refractivity contribution >= 4 is 28.3 Å². The summed E-state index contributed by atoms with van der Waals surface area (Å²) in [6.07, 6.45) is 3.29. The summed E-state index contributed by atoms with van der Waals surface area (Å²) in [7, 11) is 1.73. The van der Waals surface area contributed by atoms with Gasteiger partial charge in [0.15, 0.2) is 0 Å². The van der Waals surface area contributed by atoms with Crippen molar-refractivity contribution in [1.29, 1.82) is 0 Å². The minimum absolute atomic E-state index is 0.218. The first-order valence-electron chi connectivity index (χ1n) is 6.57. The molecule has 104 valence electrons. The van der Waals surface area contributed by atoms with Crippen molar-refractivity contribution in [2.75, 3.05) is 17.7 Å². The number of fused-ring (bicyclic) bond motifs is 1. The van der Waals surface area contributed by atoms with E-state index in [9.17, 15) is 4.79 Å². The predicted molar refractivity (Wildman–Crippen MR) is 83.5 cm³/mol. The lowest BCUT2D eigenvalue weighted by Gasteiger charge is -2.09. The minimum atomic E-state index is -0.218. The van der Waals surface area contributed by atoms with Gasteiger partial charge in [-0.3, -0.25) is 9.78 Å². The average molecular weight is 278 g/mol. The molecule has 5 heteroatoms. The van der Waals surface area contributed by atoms with Crippen LogP contribution in [0.25, 0.3) is 10.9 Å². The number of pyridine rings is 2. The van der Waals surface area contributed by atoms with Gasteiger partial charge in [0.2, 0.25) is 0 Å². The van der Waals surface area contributed by atoms with E-state index in [0.29, 0.717) is 17.1 Å².